The molecule has 0 unspecified atom stereocenters. The summed E-state index contributed by atoms with van der Waals surface area (Å²) in [5.74, 6) is 1.17. The molecular formula is C12H20IN5. The zero-order chi connectivity index (χ0) is 12.3. The van der Waals surface area contributed by atoms with Crippen molar-refractivity contribution in [2.24, 2.45) is 16.5 Å². The van der Waals surface area contributed by atoms with Gasteiger partial charge in [0.2, 0.25) is 0 Å². The lowest BCUT2D eigenvalue weighted by molar-refractivity contribution is 0.918. The summed E-state index contributed by atoms with van der Waals surface area (Å²) >= 11 is 0. The lowest BCUT2D eigenvalue weighted by Crippen LogP contribution is -2.22. The van der Waals surface area contributed by atoms with E-state index < -0.39 is 0 Å². The first-order valence-electron chi connectivity index (χ1n) is 5.93. The van der Waals surface area contributed by atoms with Crippen LogP contribution in [0, 0.1) is 6.92 Å². The van der Waals surface area contributed by atoms with Gasteiger partial charge in [0.25, 0.3) is 0 Å². The number of anilines is 1. The number of nitrogens with zero attached hydrogens (tertiary/aromatic N) is 3. The van der Waals surface area contributed by atoms with E-state index in [-0.39, 0.29) is 29.9 Å². The molecule has 0 atom stereocenters. The number of aliphatic imine (C=N–C) groups is 1. The normalized spacial score (nSPS) is 14.2. The van der Waals surface area contributed by atoms with Crippen molar-refractivity contribution in [2.45, 2.75) is 26.3 Å². The van der Waals surface area contributed by atoms with Gasteiger partial charge in [-0.2, -0.15) is 0 Å². The number of aromatic nitrogens is 1. The van der Waals surface area contributed by atoms with Crippen molar-refractivity contribution < 1.29 is 0 Å². The minimum absolute atomic E-state index is 0. The summed E-state index contributed by atoms with van der Waals surface area (Å²) in [6.45, 7) is 4.71. The highest BCUT2D eigenvalue weighted by molar-refractivity contribution is 14.0. The molecule has 5 nitrogen and oxygen atoms in total. The summed E-state index contributed by atoms with van der Waals surface area (Å²) < 4.78 is 0. The lowest BCUT2D eigenvalue weighted by Gasteiger charge is -2.17. The second-order valence-electron chi connectivity index (χ2n) is 4.41. The largest absolute Gasteiger partial charge is 0.370 e. The smallest absolute Gasteiger partial charge is 0.186 e. The maximum Gasteiger partial charge on any atom is 0.186 e. The molecule has 1 aliphatic rings. The molecule has 18 heavy (non-hydrogen) atoms. The van der Waals surface area contributed by atoms with Crippen LogP contribution < -0.4 is 16.4 Å². The highest BCUT2D eigenvalue weighted by atomic mass is 127. The van der Waals surface area contributed by atoms with Crippen molar-refractivity contribution in [3.8, 4) is 0 Å². The first-order chi connectivity index (χ1) is 8.15. The molecule has 1 aromatic heterocycles. The van der Waals surface area contributed by atoms with Gasteiger partial charge in [-0.25, -0.2) is 9.98 Å². The fourth-order valence-corrected chi connectivity index (χ4v) is 2.10. The van der Waals surface area contributed by atoms with Crippen LogP contribution in [-0.4, -0.2) is 24.0 Å². The summed E-state index contributed by atoms with van der Waals surface area (Å²) in [6.07, 6.45) is 2.50. The molecule has 0 spiro atoms. The van der Waals surface area contributed by atoms with Gasteiger partial charge in [-0.05, 0) is 37.5 Å². The predicted octanol–water partition coefficient (Wildman–Crippen LogP) is 1.38. The molecule has 0 bridgehead atoms. The summed E-state index contributed by atoms with van der Waals surface area (Å²) in [5.41, 5.74) is 12.8. The molecule has 1 aliphatic heterocycles. The second kappa shape index (κ2) is 6.77. The van der Waals surface area contributed by atoms with Crippen LogP contribution in [0.4, 0.5) is 5.82 Å². The third kappa shape index (κ3) is 4.01. The van der Waals surface area contributed by atoms with Gasteiger partial charge in [-0.15, -0.1) is 24.0 Å². The Kier molecular flexibility index (Phi) is 5.64. The molecule has 0 saturated carbocycles. The van der Waals surface area contributed by atoms with Crippen molar-refractivity contribution in [1.82, 2.24) is 4.98 Å². The van der Waals surface area contributed by atoms with E-state index in [2.05, 4.69) is 20.9 Å². The Hall–Kier alpha value is -1.05. The van der Waals surface area contributed by atoms with Crippen molar-refractivity contribution in [3.05, 3.63) is 23.4 Å². The van der Waals surface area contributed by atoms with Crippen LogP contribution in [0.15, 0.2) is 17.1 Å². The average Bonchev–Trinajstić information content (AvgIpc) is 2.79. The van der Waals surface area contributed by atoms with Crippen LogP contribution >= 0.6 is 24.0 Å². The Bertz CT molecular complexity index is 422. The molecule has 2 heterocycles. The van der Waals surface area contributed by atoms with Crippen LogP contribution in [0.5, 0.6) is 0 Å². The fourth-order valence-electron chi connectivity index (χ4n) is 2.10. The molecule has 1 saturated heterocycles. The first-order valence-corrected chi connectivity index (χ1v) is 5.93. The third-order valence-electron chi connectivity index (χ3n) is 2.87. The molecule has 0 aliphatic carbocycles. The standard InChI is InChI=1S/C12H19N5.HI/c1-9-6-10(8-15-12(13)14)7-11(16-9)17-4-2-3-5-17;/h6-7H,2-5,8H2,1H3,(H4,13,14,15);1H. The van der Waals surface area contributed by atoms with Gasteiger partial charge in [0.1, 0.15) is 5.82 Å². The first kappa shape index (κ1) is 15.0. The molecule has 1 aromatic rings. The van der Waals surface area contributed by atoms with Crippen molar-refractivity contribution >= 4 is 35.8 Å². The van der Waals surface area contributed by atoms with Gasteiger partial charge in [-0.3, -0.25) is 0 Å². The van der Waals surface area contributed by atoms with E-state index in [0.717, 1.165) is 30.2 Å². The maximum absolute atomic E-state index is 5.34. The van der Waals surface area contributed by atoms with Crippen LogP contribution in [-0.2, 0) is 6.54 Å². The minimum atomic E-state index is 0. The summed E-state index contributed by atoms with van der Waals surface area (Å²) in [4.78, 5) is 10.9. The van der Waals surface area contributed by atoms with Crippen molar-refractivity contribution in [3.63, 3.8) is 0 Å². The quantitative estimate of drug-likeness (QED) is 0.484. The number of pyridine rings is 1. The highest BCUT2D eigenvalue weighted by Crippen LogP contribution is 2.20. The number of hydrogen-bond acceptors (Lipinski definition) is 3. The SMILES string of the molecule is Cc1cc(CN=C(N)N)cc(N2CCCC2)n1.I. The van der Waals surface area contributed by atoms with Crippen molar-refractivity contribution in [2.75, 3.05) is 18.0 Å². The topological polar surface area (TPSA) is 80.5 Å². The molecule has 0 amide bonds. The van der Waals surface area contributed by atoms with Gasteiger partial charge in [0, 0.05) is 18.8 Å². The zero-order valence-electron chi connectivity index (χ0n) is 10.6. The monoisotopic (exact) mass is 361 g/mol. The molecular weight excluding hydrogens is 341 g/mol. The lowest BCUT2D eigenvalue weighted by atomic mass is 10.2. The summed E-state index contributed by atoms with van der Waals surface area (Å²) in [7, 11) is 0. The van der Waals surface area contributed by atoms with E-state index in [1.165, 1.54) is 12.8 Å². The van der Waals surface area contributed by atoms with E-state index in [4.69, 9.17) is 11.5 Å². The van der Waals surface area contributed by atoms with Gasteiger partial charge < -0.3 is 16.4 Å². The Morgan fingerprint density at radius 2 is 2.00 bits per heavy atom. The molecule has 4 N–H and O–H groups in total. The van der Waals surface area contributed by atoms with Gasteiger partial charge in [0.15, 0.2) is 5.96 Å². The van der Waals surface area contributed by atoms with Crippen LogP contribution in [0.3, 0.4) is 0 Å². The second-order valence-corrected chi connectivity index (χ2v) is 4.41. The number of rotatable bonds is 3. The van der Waals surface area contributed by atoms with E-state index in [0.29, 0.717) is 6.54 Å². The van der Waals surface area contributed by atoms with Crippen LogP contribution in [0.1, 0.15) is 24.1 Å². The third-order valence-corrected chi connectivity index (χ3v) is 2.87. The molecule has 2 rings (SSSR count). The molecule has 6 heteroatoms. The number of guanidine groups is 1. The Morgan fingerprint density at radius 3 is 2.61 bits per heavy atom. The summed E-state index contributed by atoms with van der Waals surface area (Å²) in [5, 5.41) is 0. The van der Waals surface area contributed by atoms with E-state index >= 15 is 0 Å². The molecule has 1 fully saturated rings. The number of halogens is 1. The zero-order valence-corrected chi connectivity index (χ0v) is 12.9. The van der Waals surface area contributed by atoms with E-state index in [1.54, 1.807) is 0 Å². The van der Waals surface area contributed by atoms with Crippen LogP contribution in [0.2, 0.25) is 0 Å². The molecule has 100 valence electrons. The minimum Gasteiger partial charge on any atom is -0.370 e. The van der Waals surface area contributed by atoms with Crippen molar-refractivity contribution in [1.29, 1.82) is 0 Å². The Morgan fingerprint density at radius 1 is 1.33 bits per heavy atom. The van der Waals surface area contributed by atoms with Gasteiger partial charge >= 0.3 is 0 Å². The Balaban J connectivity index is 0.00000162. The number of aryl methyl sites for hydroxylation is 1. The number of nitrogens with two attached hydrogens (primary N) is 2. The predicted molar refractivity (Wildman–Crippen MR) is 85.3 cm³/mol. The Labute approximate surface area is 125 Å². The fraction of sp³-hybridized carbons (Fsp3) is 0.500. The van der Waals surface area contributed by atoms with Gasteiger partial charge in [-0.1, -0.05) is 0 Å². The maximum atomic E-state index is 5.34. The molecule has 0 aromatic carbocycles. The summed E-state index contributed by atoms with van der Waals surface area (Å²) in [6, 6.07) is 4.09. The average molecular weight is 361 g/mol. The van der Waals surface area contributed by atoms with E-state index in [9.17, 15) is 0 Å². The number of hydrogen-bond donors (Lipinski definition) is 2. The van der Waals surface area contributed by atoms with Gasteiger partial charge in [0.05, 0.1) is 6.54 Å². The van der Waals surface area contributed by atoms with E-state index in [1.807, 2.05) is 13.0 Å². The van der Waals surface area contributed by atoms with Crippen LogP contribution in [0.25, 0.3) is 0 Å². The molecule has 0 radical (unpaired) electrons. The highest BCUT2D eigenvalue weighted by Gasteiger charge is 2.14.